The van der Waals surface area contributed by atoms with Crippen LogP contribution in [0.5, 0.6) is 5.88 Å². The molecule has 0 fully saturated rings. The molecule has 1 rings (SSSR count). The van der Waals surface area contributed by atoms with Crippen molar-refractivity contribution < 1.29 is 18.9 Å². The van der Waals surface area contributed by atoms with E-state index in [-0.39, 0.29) is 0 Å². The van der Waals surface area contributed by atoms with Crippen molar-refractivity contribution in [3.8, 4) is 5.88 Å². The SMILES string of the molecule is COCCOCCOCCOc1ncc(N)cc1Br. The predicted octanol–water partition coefficient (Wildman–Crippen LogP) is 1.48. The van der Waals surface area contributed by atoms with Crippen molar-refractivity contribution in [2.75, 3.05) is 52.5 Å². The molecule has 0 saturated heterocycles. The fraction of sp³-hybridized carbons (Fsp3) is 0.583. The third-order valence-corrected chi connectivity index (χ3v) is 2.67. The van der Waals surface area contributed by atoms with Crippen LogP contribution in [-0.2, 0) is 14.2 Å². The molecule has 0 amide bonds. The highest BCUT2D eigenvalue weighted by Gasteiger charge is 2.02. The summed E-state index contributed by atoms with van der Waals surface area (Å²) >= 11 is 3.33. The maximum atomic E-state index is 5.58. The highest BCUT2D eigenvalue weighted by atomic mass is 79.9. The van der Waals surface area contributed by atoms with Gasteiger partial charge < -0.3 is 24.7 Å². The van der Waals surface area contributed by atoms with Gasteiger partial charge in [0.05, 0.1) is 49.4 Å². The van der Waals surface area contributed by atoms with E-state index in [1.807, 2.05) is 0 Å². The van der Waals surface area contributed by atoms with Crippen LogP contribution in [0.25, 0.3) is 0 Å². The molecule has 0 bridgehead atoms. The summed E-state index contributed by atoms with van der Waals surface area (Å²) in [5.74, 6) is 0.508. The largest absolute Gasteiger partial charge is 0.474 e. The first-order valence-corrected chi connectivity index (χ1v) is 6.71. The lowest BCUT2D eigenvalue weighted by atomic mass is 10.4. The van der Waals surface area contributed by atoms with Gasteiger partial charge in [0.1, 0.15) is 6.61 Å². The van der Waals surface area contributed by atoms with Crippen LogP contribution in [0.15, 0.2) is 16.7 Å². The normalized spacial score (nSPS) is 10.6. The van der Waals surface area contributed by atoms with Gasteiger partial charge in [0, 0.05) is 7.11 Å². The van der Waals surface area contributed by atoms with E-state index in [2.05, 4.69) is 20.9 Å². The number of hydrogen-bond acceptors (Lipinski definition) is 6. The zero-order valence-corrected chi connectivity index (χ0v) is 12.5. The third-order valence-electron chi connectivity index (χ3n) is 2.10. The Kier molecular flexibility index (Phi) is 8.48. The molecule has 1 heterocycles. The van der Waals surface area contributed by atoms with Crippen LogP contribution < -0.4 is 10.5 Å². The van der Waals surface area contributed by atoms with E-state index < -0.39 is 0 Å². The Morgan fingerprint density at radius 3 is 2.37 bits per heavy atom. The van der Waals surface area contributed by atoms with Gasteiger partial charge >= 0.3 is 0 Å². The van der Waals surface area contributed by atoms with E-state index in [0.29, 0.717) is 51.2 Å². The van der Waals surface area contributed by atoms with Crippen LogP contribution in [0.1, 0.15) is 0 Å². The Morgan fingerprint density at radius 2 is 1.74 bits per heavy atom. The molecule has 6 nitrogen and oxygen atoms in total. The van der Waals surface area contributed by atoms with Gasteiger partial charge in [0.2, 0.25) is 5.88 Å². The lowest BCUT2D eigenvalue weighted by molar-refractivity contribution is 0.0176. The van der Waals surface area contributed by atoms with E-state index in [0.717, 1.165) is 4.47 Å². The standard InChI is InChI=1S/C12H19BrN2O4/c1-16-2-3-17-4-5-18-6-7-19-12-11(13)8-10(14)9-15-12/h8-9H,2-7,14H2,1H3. The van der Waals surface area contributed by atoms with Crippen molar-refractivity contribution in [3.63, 3.8) is 0 Å². The summed E-state index contributed by atoms with van der Waals surface area (Å²) in [6.07, 6.45) is 1.55. The molecule has 0 aliphatic carbocycles. The first kappa shape index (κ1) is 16.2. The Hall–Kier alpha value is -0.890. The average molecular weight is 335 g/mol. The number of pyridine rings is 1. The number of ether oxygens (including phenoxy) is 4. The number of methoxy groups -OCH3 is 1. The molecular weight excluding hydrogens is 316 g/mol. The van der Waals surface area contributed by atoms with Gasteiger partial charge in [-0.1, -0.05) is 0 Å². The van der Waals surface area contributed by atoms with Crippen LogP contribution in [0.2, 0.25) is 0 Å². The van der Waals surface area contributed by atoms with Crippen molar-refractivity contribution in [1.82, 2.24) is 4.98 Å². The van der Waals surface area contributed by atoms with E-state index in [1.165, 1.54) is 0 Å². The molecule has 19 heavy (non-hydrogen) atoms. The van der Waals surface area contributed by atoms with Gasteiger partial charge in [-0.15, -0.1) is 0 Å². The molecule has 1 aromatic rings. The molecule has 0 aliphatic heterocycles. The summed E-state index contributed by atoms with van der Waals surface area (Å²) in [5.41, 5.74) is 6.16. The summed E-state index contributed by atoms with van der Waals surface area (Å²) < 4.78 is 21.6. The number of halogens is 1. The fourth-order valence-electron chi connectivity index (χ4n) is 1.21. The first-order chi connectivity index (χ1) is 9.24. The van der Waals surface area contributed by atoms with Crippen molar-refractivity contribution in [2.24, 2.45) is 0 Å². The first-order valence-electron chi connectivity index (χ1n) is 5.92. The molecule has 0 unspecified atom stereocenters. The van der Waals surface area contributed by atoms with Crippen molar-refractivity contribution in [3.05, 3.63) is 16.7 Å². The highest BCUT2D eigenvalue weighted by Crippen LogP contribution is 2.23. The maximum Gasteiger partial charge on any atom is 0.228 e. The van der Waals surface area contributed by atoms with Crippen LogP contribution in [0, 0.1) is 0 Å². The monoisotopic (exact) mass is 334 g/mol. The Morgan fingerprint density at radius 1 is 1.11 bits per heavy atom. The number of aromatic nitrogens is 1. The second kappa shape index (κ2) is 9.96. The zero-order valence-electron chi connectivity index (χ0n) is 10.9. The predicted molar refractivity (Wildman–Crippen MR) is 75.4 cm³/mol. The van der Waals surface area contributed by atoms with Crippen molar-refractivity contribution in [2.45, 2.75) is 0 Å². The molecule has 0 spiro atoms. The van der Waals surface area contributed by atoms with E-state index in [9.17, 15) is 0 Å². The van der Waals surface area contributed by atoms with Crippen LogP contribution in [-0.4, -0.2) is 51.7 Å². The zero-order chi connectivity index (χ0) is 13.9. The molecule has 0 saturated carbocycles. The number of anilines is 1. The number of nitrogens with two attached hydrogens (primary N) is 1. The molecule has 1 aromatic heterocycles. The van der Waals surface area contributed by atoms with Gasteiger partial charge in [-0.3, -0.25) is 0 Å². The third kappa shape index (κ3) is 7.31. The van der Waals surface area contributed by atoms with Crippen LogP contribution in [0.3, 0.4) is 0 Å². The summed E-state index contributed by atoms with van der Waals surface area (Å²) in [6.45, 7) is 3.16. The van der Waals surface area contributed by atoms with Gasteiger partial charge in [-0.05, 0) is 22.0 Å². The molecule has 0 radical (unpaired) electrons. The summed E-state index contributed by atoms with van der Waals surface area (Å²) in [5, 5.41) is 0. The number of nitrogens with zero attached hydrogens (tertiary/aromatic N) is 1. The molecule has 0 aromatic carbocycles. The van der Waals surface area contributed by atoms with Gasteiger partial charge in [0.25, 0.3) is 0 Å². The summed E-state index contributed by atoms with van der Waals surface area (Å²) in [6, 6.07) is 1.74. The number of nitrogen functional groups attached to an aromatic ring is 1. The quantitative estimate of drug-likeness (QED) is 0.653. The second-order valence-electron chi connectivity index (χ2n) is 3.62. The summed E-state index contributed by atoms with van der Waals surface area (Å²) in [7, 11) is 1.64. The maximum absolute atomic E-state index is 5.58. The van der Waals surface area contributed by atoms with E-state index in [4.69, 9.17) is 24.7 Å². The average Bonchev–Trinajstić information content (AvgIpc) is 2.39. The Labute approximate surface area is 121 Å². The molecule has 0 aliphatic rings. The number of hydrogen-bond donors (Lipinski definition) is 1. The fourth-order valence-corrected chi connectivity index (χ4v) is 1.69. The van der Waals surface area contributed by atoms with Crippen molar-refractivity contribution in [1.29, 1.82) is 0 Å². The molecule has 2 N–H and O–H groups in total. The minimum atomic E-state index is 0.424. The molecular formula is C12H19BrN2O4. The summed E-state index contributed by atoms with van der Waals surface area (Å²) in [4.78, 5) is 4.06. The van der Waals surface area contributed by atoms with Gasteiger partial charge in [-0.25, -0.2) is 4.98 Å². The smallest absolute Gasteiger partial charge is 0.228 e. The molecule has 7 heteroatoms. The Balaban J connectivity index is 2.01. The minimum absolute atomic E-state index is 0.424. The molecule has 108 valence electrons. The topological polar surface area (TPSA) is 75.8 Å². The van der Waals surface area contributed by atoms with Crippen LogP contribution in [0.4, 0.5) is 5.69 Å². The Bertz CT molecular complexity index is 366. The van der Waals surface area contributed by atoms with Crippen LogP contribution >= 0.6 is 15.9 Å². The molecule has 0 atom stereocenters. The van der Waals surface area contributed by atoms with Gasteiger partial charge in [0.15, 0.2) is 0 Å². The van der Waals surface area contributed by atoms with Crippen molar-refractivity contribution >= 4 is 21.6 Å². The lowest BCUT2D eigenvalue weighted by Gasteiger charge is -2.08. The number of rotatable bonds is 10. The lowest BCUT2D eigenvalue weighted by Crippen LogP contribution is -2.12. The van der Waals surface area contributed by atoms with E-state index in [1.54, 1.807) is 19.4 Å². The van der Waals surface area contributed by atoms with E-state index >= 15 is 0 Å². The van der Waals surface area contributed by atoms with Gasteiger partial charge in [-0.2, -0.15) is 0 Å². The minimum Gasteiger partial charge on any atom is -0.474 e. The second-order valence-corrected chi connectivity index (χ2v) is 4.48. The highest BCUT2D eigenvalue weighted by molar-refractivity contribution is 9.10.